The van der Waals surface area contributed by atoms with Crippen LogP contribution in [0.15, 0.2) is 18.2 Å². The molecule has 1 fully saturated rings. The van der Waals surface area contributed by atoms with E-state index in [0.717, 1.165) is 6.07 Å². The van der Waals surface area contributed by atoms with Crippen LogP contribution in [-0.4, -0.2) is 24.5 Å². The molecule has 0 aliphatic carbocycles. The van der Waals surface area contributed by atoms with Gasteiger partial charge in [0.15, 0.2) is 0 Å². The van der Waals surface area contributed by atoms with Crippen LogP contribution in [0, 0.1) is 11.6 Å². The number of nitrogens with one attached hydrogen (secondary N) is 1. The summed E-state index contributed by atoms with van der Waals surface area (Å²) < 4.78 is 26.2. The van der Waals surface area contributed by atoms with Gasteiger partial charge in [-0.05, 0) is 18.6 Å². The Morgan fingerprint density at radius 3 is 2.44 bits per heavy atom. The fourth-order valence-corrected chi connectivity index (χ4v) is 2.19. The van der Waals surface area contributed by atoms with Gasteiger partial charge in [0.05, 0.1) is 6.04 Å². The van der Waals surface area contributed by atoms with Crippen molar-refractivity contribution in [3.8, 4) is 0 Å². The molecule has 1 aromatic carbocycles. The molecule has 1 N–H and O–H groups in total. The van der Waals surface area contributed by atoms with Crippen molar-refractivity contribution < 1.29 is 13.6 Å². The highest BCUT2D eigenvalue weighted by Gasteiger charge is 2.32. The summed E-state index contributed by atoms with van der Waals surface area (Å²) in [6.07, 6.45) is 0.648. The first-order chi connectivity index (χ1) is 8.47. The normalized spacial score (nSPS) is 19.9. The Hall–Kier alpha value is -1.49. The van der Waals surface area contributed by atoms with Crippen LogP contribution >= 0.6 is 0 Å². The quantitative estimate of drug-likeness (QED) is 0.895. The predicted octanol–water partition coefficient (Wildman–Crippen LogP) is 2.07. The Balaban J connectivity index is 2.18. The molecule has 98 valence electrons. The smallest absolute Gasteiger partial charge is 0.244 e. The minimum absolute atomic E-state index is 0.131. The van der Waals surface area contributed by atoms with E-state index in [1.165, 1.54) is 17.0 Å². The molecule has 1 aliphatic heterocycles. The molecular weight excluding hydrogens is 238 g/mol. The standard InChI is InChI=1S/C13H16F2N2O/c1-8(2)16-12-3-4-17(13(12)18)11-6-9(14)5-10(15)7-11/h5-8,12,16H,3-4H2,1-2H3. The SMILES string of the molecule is CC(C)NC1CCN(c2cc(F)cc(F)c2)C1=O. The Bertz CT molecular complexity index is 442. The van der Waals surface area contributed by atoms with Crippen molar-refractivity contribution in [1.82, 2.24) is 5.32 Å². The summed E-state index contributed by atoms with van der Waals surface area (Å²) in [7, 11) is 0. The number of carbonyl (C=O) groups is 1. The van der Waals surface area contributed by atoms with Gasteiger partial charge in [-0.2, -0.15) is 0 Å². The molecule has 0 spiro atoms. The molecule has 5 heteroatoms. The van der Waals surface area contributed by atoms with Crippen LogP contribution in [0.25, 0.3) is 0 Å². The summed E-state index contributed by atoms with van der Waals surface area (Å²) in [6.45, 7) is 4.39. The monoisotopic (exact) mass is 254 g/mol. The second-order valence-electron chi connectivity index (χ2n) is 4.78. The number of halogens is 2. The van der Waals surface area contributed by atoms with Crippen molar-refractivity contribution in [3.63, 3.8) is 0 Å². The lowest BCUT2D eigenvalue weighted by Crippen LogP contribution is -2.41. The summed E-state index contributed by atoms with van der Waals surface area (Å²) >= 11 is 0. The molecule has 18 heavy (non-hydrogen) atoms. The average molecular weight is 254 g/mol. The van der Waals surface area contributed by atoms with Crippen LogP contribution in [0.3, 0.4) is 0 Å². The third-order valence-electron chi connectivity index (χ3n) is 2.90. The lowest BCUT2D eigenvalue weighted by Gasteiger charge is -2.18. The summed E-state index contributed by atoms with van der Waals surface area (Å²) in [5.74, 6) is -1.47. The predicted molar refractivity (Wildman–Crippen MR) is 65.4 cm³/mol. The fourth-order valence-electron chi connectivity index (χ4n) is 2.19. The van der Waals surface area contributed by atoms with Gasteiger partial charge < -0.3 is 10.2 Å². The zero-order valence-electron chi connectivity index (χ0n) is 10.4. The van der Waals surface area contributed by atoms with E-state index >= 15 is 0 Å². The van der Waals surface area contributed by atoms with Crippen LogP contribution in [0.2, 0.25) is 0 Å². The van der Waals surface area contributed by atoms with Gasteiger partial charge in [0.25, 0.3) is 0 Å². The van der Waals surface area contributed by atoms with E-state index < -0.39 is 11.6 Å². The highest BCUT2D eigenvalue weighted by Crippen LogP contribution is 2.23. The average Bonchev–Trinajstić information content (AvgIpc) is 2.58. The topological polar surface area (TPSA) is 32.3 Å². The Morgan fingerprint density at radius 2 is 1.89 bits per heavy atom. The third-order valence-corrected chi connectivity index (χ3v) is 2.90. The van der Waals surface area contributed by atoms with Crippen molar-refractivity contribution in [2.24, 2.45) is 0 Å². The van der Waals surface area contributed by atoms with Gasteiger partial charge in [0.1, 0.15) is 11.6 Å². The van der Waals surface area contributed by atoms with Crippen LogP contribution in [0.4, 0.5) is 14.5 Å². The zero-order valence-corrected chi connectivity index (χ0v) is 10.4. The van der Waals surface area contributed by atoms with Crippen molar-refractivity contribution in [2.75, 3.05) is 11.4 Å². The number of hydrogen-bond acceptors (Lipinski definition) is 2. The maximum Gasteiger partial charge on any atom is 0.244 e. The van der Waals surface area contributed by atoms with Crippen LogP contribution in [0.1, 0.15) is 20.3 Å². The van der Waals surface area contributed by atoms with Crippen LogP contribution in [0.5, 0.6) is 0 Å². The summed E-state index contributed by atoms with van der Waals surface area (Å²) in [5.41, 5.74) is 0.283. The van der Waals surface area contributed by atoms with E-state index in [4.69, 9.17) is 0 Å². The number of amides is 1. The van der Waals surface area contributed by atoms with Crippen molar-refractivity contribution in [1.29, 1.82) is 0 Å². The Kier molecular flexibility index (Phi) is 3.61. The lowest BCUT2D eigenvalue weighted by molar-refractivity contribution is -0.118. The molecule has 1 atom stereocenters. The molecule has 1 unspecified atom stereocenters. The molecule has 0 aromatic heterocycles. The minimum atomic E-state index is -0.668. The highest BCUT2D eigenvalue weighted by atomic mass is 19.1. The molecule has 0 radical (unpaired) electrons. The van der Waals surface area contributed by atoms with Gasteiger partial charge in [-0.3, -0.25) is 4.79 Å². The maximum absolute atomic E-state index is 13.1. The number of carbonyl (C=O) groups excluding carboxylic acids is 1. The second kappa shape index (κ2) is 5.02. The largest absolute Gasteiger partial charge is 0.311 e. The molecule has 1 amide bonds. The molecule has 1 aromatic rings. The third kappa shape index (κ3) is 2.67. The highest BCUT2D eigenvalue weighted by molar-refractivity contribution is 5.99. The van der Waals surface area contributed by atoms with Crippen LogP contribution < -0.4 is 10.2 Å². The van der Waals surface area contributed by atoms with Crippen molar-refractivity contribution in [2.45, 2.75) is 32.4 Å². The van der Waals surface area contributed by atoms with Gasteiger partial charge in [-0.15, -0.1) is 0 Å². The molecule has 2 rings (SSSR count). The summed E-state index contributed by atoms with van der Waals surface area (Å²) in [6, 6.07) is 3.09. The van der Waals surface area contributed by atoms with Crippen molar-refractivity contribution in [3.05, 3.63) is 29.8 Å². The summed E-state index contributed by atoms with van der Waals surface area (Å²) in [4.78, 5) is 13.5. The van der Waals surface area contributed by atoms with Gasteiger partial charge in [-0.25, -0.2) is 8.78 Å². The maximum atomic E-state index is 13.1. The van der Waals surface area contributed by atoms with Crippen LogP contribution in [-0.2, 0) is 4.79 Å². The number of anilines is 1. The molecule has 0 saturated carbocycles. The van der Waals surface area contributed by atoms with E-state index in [0.29, 0.717) is 13.0 Å². The fraction of sp³-hybridized carbons (Fsp3) is 0.462. The Morgan fingerprint density at radius 1 is 1.28 bits per heavy atom. The van der Waals surface area contributed by atoms with Gasteiger partial charge >= 0.3 is 0 Å². The second-order valence-corrected chi connectivity index (χ2v) is 4.78. The first-order valence-electron chi connectivity index (χ1n) is 6.01. The number of hydrogen-bond donors (Lipinski definition) is 1. The first-order valence-corrected chi connectivity index (χ1v) is 6.01. The molecule has 1 aliphatic rings. The van der Waals surface area contributed by atoms with E-state index in [1.807, 2.05) is 13.8 Å². The summed E-state index contributed by atoms with van der Waals surface area (Å²) in [5, 5.41) is 3.14. The van der Waals surface area contributed by atoms with Gasteiger partial charge in [0.2, 0.25) is 5.91 Å². The minimum Gasteiger partial charge on any atom is -0.311 e. The van der Waals surface area contributed by atoms with E-state index in [-0.39, 0.29) is 23.7 Å². The Labute approximate surface area is 105 Å². The molecule has 1 saturated heterocycles. The lowest BCUT2D eigenvalue weighted by atomic mass is 10.2. The molecular formula is C13H16F2N2O. The van der Waals surface area contributed by atoms with E-state index in [9.17, 15) is 13.6 Å². The van der Waals surface area contributed by atoms with E-state index in [2.05, 4.69) is 5.32 Å². The zero-order chi connectivity index (χ0) is 13.3. The van der Waals surface area contributed by atoms with E-state index in [1.54, 1.807) is 0 Å². The number of nitrogens with zero attached hydrogens (tertiary/aromatic N) is 1. The molecule has 1 heterocycles. The number of rotatable bonds is 3. The van der Waals surface area contributed by atoms with Gasteiger partial charge in [0, 0.05) is 24.3 Å². The first kappa shape index (κ1) is 13.0. The molecule has 0 bridgehead atoms. The number of benzene rings is 1. The molecule has 3 nitrogen and oxygen atoms in total. The van der Waals surface area contributed by atoms with Crippen molar-refractivity contribution >= 4 is 11.6 Å². The van der Waals surface area contributed by atoms with Gasteiger partial charge in [-0.1, -0.05) is 13.8 Å².